The number of sulfonamides is 1. The molecule has 0 heterocycles. The first-order valence-electron chi connectivity index (χ1n) is 8.29. The molecule has 1 fully saturated rings. The molecule has 2 aromatic carbocycles. The fourth-order valence-electron chi connectivity index (χ4n) is 2.96. The summed E-state index contributed by atoms with van der Waals surface area (Å²) in [4.78, 5) is 0. The summed E-state index contributed by atoms with van der Waals surface area (Å²) >= 11 is 0. The third-order valence-corrected chi connectivity index (χ3v) is 5.92. The van der Waals surface area contributed by atoms with E-state index in [1.165, 1.54) is 0 Å². The molecule has 1 unspecified atom stereocenters. The van der Waals surface area contributed by atoms with E-state index < -0.39 is 15.6 Å². The van der Waals surface area contributed by atoms with Crippen LogP contribution in [0.4, 0.5) is 0 Å². The molecule has 0 aliphatic heterocycles. The summed E-state index contributed by atoms with van der Waals surface area (Å²) in [6.07, 6.45) is 2.32. The highest BCUT2D eigenvalue weighted by Crippen LogP contribution is 2.45. The van der Waals surface area contributed by atoms with Crippen molar-refractivity contribution in [3.8, 4) is 0 Å². The van der Waals surface area contributed by atoms with Gasteiger partial charge in [-0.05, 0) is 36.3 Å². The molecule has 0 radical (unpaired) electrons. The maximum Gasteiger partial charge on any atom is 0.212 e. The molecule has 1 aliphatic carbocycles. The zero-order chi connectivity index (χ0) is 17.0. The highest BCUT2D eigenvalue weighted by atomic mass is 32.2. The average Bonchev–Trinajstić information content (AvgIpc) is 3.45. The van der Waals surface area contributed by atoms with Crippen molar-refractivity contribution < 1.29 is 13.5 Å². The predicted molar refractivity (Wildman–Crippen MR) is 95.0 cm³/mol. The van der Waals surface area contributed by atoms with Crippen molar-refractivity contribution in [1.29, 1.82) is 0 Å². The van der Waals surface area contributed by atoms with Gasteiger partial charge in [0.15, 0.2) is 0 Å². The van der Waals surface area contributed by atoms with Gasteiger partial charge in [-0.2, -0.15) is 0 Å². The lowest BCUT2D eigenvalue weighted by molar-refractivity contribution is 0.0185. The summed E-state index contributed by atoms with van der Waals surface area (Å²) in [5.41, 5.74) is 0.641. The molecular weight excluding hydrogens is 322 g/mol. The normalized spacial score (nSPS) is 17.4. The van der Waals surface area contributed by atoms with Crippen LogP contribution in [-0.2, 0) is 22.0 Å². The summed E-state index contributed by atoms with van der Waals surface area (Å²) in [6.45, 7) is 0.0266. The van der Waals surface area contributed by atoms with Crippen molar-refractivity contribution in [2.24, 2.45) is 5.92 Å². The van der Waals surface area contributed by atoms with Crippen LogP contribution in [0.1, 0.15) is 24.0 Å². The smallest absolute Gasteiger partial charge is 0.212 e. The van der Waals surface area contributed by atoms with Crippen LogP contribution in [0.2, 0.25) is 0 Å². The lowest BCUT2D eigenvalue weighted by atomic mass is 9.89. The van der Waals surface area contributed by atoms with Gasteiger partial charge in [0.2, 0.25) is 10.0 Å². The van der Waals surface area contributed by atoms with Gasteiger partial charge in [-0.1, -0.05) is 60.7 Å². The topological polar surface area (TPSA) is 66.4 Å². The molecule has 0 bridgehead atoms. The highest BCUT2D eigenvalue weighted by Gasteiger charge is 2.45. The van der Waals surface area contributed by atoms with Crippen molar-refractivity contribution in [2.75, 3.05) is 12.3 Å². The minimum absolute atomic E-state index is 0.0204. The third-order valence-electron chi connectivity index (χ3n) is 4.59. The van der Waals surface area contributed by atoms with Crippen LogP contribution in [-0.4, -0.2) is 25.8 Å². The Bertz CT molecular complexity index is 758. The molecule has 0 saturated heterocycles. The molecular formula is C19H23NO3S. The SMILES string of the molecule is O=S(=O)(CCc1ccccc1)NCC(O)(c1ccccc1)C1CC1. The second-order valence-electron chi connectivity index (χ2n) is 6.44. The van der Waals surface area contributed by atoms with Crippen molar-refractivity contribution >= 4 is 10.0 Å². The van der Waals surface area contributed by atoms with E-state index in [2.05, 4.69) is 4.72 Å². The number of hydrogen-bond acceptors (Lipinski definition) is 3. The van der Waals surface area contributed by atoms with Gasteiger partial charge in [0.25, 0.3) is 0 Å². The van der Waals surface area contributed by atoms with Gasteiger partial charge in [0, 0.05) is 6.54 Å². The van der Waals surface area contributed by atoms with Crippen LogP contribution in [0.5, 0.6) is 0 Å². The maximum atomic E-state index is 12.3. The Morgan fingerprint density at radius 1 is 1.00 bits per heavy atom. The fraction of sp³-hybridized carbons (Fsp3) is 0.368. The van der Waals surface area contributed by atoms with Crippen LogP contribution in [0.15, 0.2) is 60.7 Å². The van der Waals surface area contributed by atoms with Gasteiger partial charge in [0.05, 0.1) is 5.75 Å². The van der Waals surface area contributed by atoms with Crippen molar-refractivity contribution in [3.05, 3.63) is 71.8 Å². The molecule has 2 N–H and O–H groups in total. The molecule has 0 aromatic heterocycles. The molecule has 2 aromatic rings. The van der Waals surface area contributed by atoms with E-state index in [4.69, 9.17) is 0 Å². The van der Waals surface area contributed by atoms with E-state index in [0.717, 1.165) is 24.0 Å². The van der Waals surface area contributed by atoms with E-state index in [1.54, 1.807) is 0 Å². The number of benzene rings is 2. The van der Waals surface area contributed by atoms with E-state index in [-0.39, 0.29) is 18.2 Å². The maximum absolute atomic E-state index is 12.3. The van der Waals surface area contributed by atoms with Gasteiger partial charge in [-0.3, -0.25) is 0 Å². The minimum Gasteiger partial charge on any atom is -0.383 e. The molecule has 4 nitrogen and oxygen atoms in total. The Hall–Kier alpha value is -1.69. The van der Waals surface area contributed by atoms with Gasteiger partial charge >= 0.3 is 0 Å². The van der Waals surface area contributed by atoms with Crippen LogP contribution >= 0.6 is 0 Å². The van der Waals surface area contributed by atoms with E-state index in [1.807, 2.05) is 60.7 Å². The number of rotatable bonds is 8. The summed E-state index contributed by atoms with van der Waals surface area (Å²) in [6, 6.07) is 18.9. The molecule has 128 valence electrons. The quantitative estimate of drug-likeness (QED) is 0.772. The first kappa shape index (κ1) is 17.1. The summed E-state index contributed by atoms with van der Waals surface area (Å²) in [5, 5.41) is 11.0. The van der Waals surface area contributed by atoms with Gasteiger partial charge in [-0.15, -0.1) is 0 Å². The Kier molecular flexibility index (Phi) is 5.04. The van der Waals surface area contributed by atoms with E-state index in [9.17, 15) is 13.5 Å². The van der Waals surface area contributed by atoms with E-state index in [0.29, 0.717) is 6.42 Å². The highest BCUT2D eigenvalue weighted by molar-refractivity contribution is 7.89. The van der Waals surface area contributed by atoms with Gasteiger partial charge < -0.3 is 5.11 Å². The van der Waals surface area contributed by atoms with Gasteiger partial charge in [0.1, 0.15) is 5.60 Å². The standard InChI is InChI=1S/C19H23NO3S/c21-19(18-11-12-18,17-9-5-2-6-10-17)15-20-24(22,23)14-13-16-7-3-1-4-8-16/h1-10,18,20-21H,11-15H2. The number of aryl methyl sites for hydroxylation is 1. The molecule has 0 amide bonds. The zero-order valence-corrected chi connectivity index (χ0v) is 14.4. The zero-order valence-electron chi connectivity index (χ0n) is 13.6. The Morgan fingerprint density at radius 2 is 1.58 bits per heavy atom. The lowest BCUT2D eigenvalue weighted by Crippen LogP contribution is -2.43. The molecule has 5 heteroatoms. The van der Waals surface area contributed by atoms with Crippen molar-refractivity contribution in [3.63, 3.8) is 0 Å². The second-order valence-corrected chi connectivity index (χ2v) is 8.37. The van der Waals surface area contributed by atoms with Gasteiger partial charge in [-0.25, -0.2) is 13.1 Å². The molecule has 0 spiro atoms. The van der Waals surface area contributed by atoms with Crippen LogP contribution in [0.3, 0.4) is 0 Å². The number of aliphatic hydroxyl groups is 1. The summed E-state index contributed by atoms with van der Waals surface area (Å²) in [7, 11) is -3.44. The minimum atomic E-state index is -3.44. The summed E-state index contributed by atoms with van der Waals surface area (Å²) < 4.78 is 27.2. The number of nitrogens with one attached hydrogen (secondary N) is 1. The molecule has 1 saturated carbocycles. The first-order chi connectivity index (χ1) is 11.5. The lowest BCUT2D eigenvalue weighted by Gasteiger charge is -2.29. The first-order valence-corrected chi connectivity index (χ1v) is 9.94. The monoisotopic (exact) mass is 345 g/mol. The molecule has 1 atom stereocenters. The Morgan fingerprint density at radius 3 is 2.17 bits per heavy atom. The van der Waals surface area contributed by atoms with Crippen LogP contribution < -0.4 is 4.72 Å². The van der Waals surface area contributed by atoms with Crippen LogP contribution in [0, 0.1) is 5.92 Å². The summed E-state index contributed by atoms with van der Waals surface area (Å²) in [5.74, 6) is 0.142. The Balaban J connectivity index is 1.64. The van der Waals surface area contributed by atoms with Crippen molar-refractivity contribution in [1.82, 2.24) is 4.72 Å². The molecule has 1 aliphatic rings. The Labute approximate surface area is 143 Å². The van der Waals surface area contributed by atoms with E-state index >= 15 is 0 Å². The molecule has 3 rings (SSSR count). The van der Waals surface area contributed by atoms with Crippen molar-refractivity contribution in [2.45, 2.75) is 24.9 Å². The predicted octanol–water partition coefficient (Wildman–Crippen LogP) is 2.45. The second kappa shape index (κ2) is 7.05. The fourth-order valence-corrected chi connectivity index (χ4v) is 4.05. The largest absolute Gasteiger partial charge is 0.383 e. The third kappa shape index (κ3) is 4.23. The van der Waals surface area contributed by atoms with Crippen LogP contribution in [0.25, 0.3) is 0 Å². The molecule has 24 heavy (non-hydrogen) atoms. The average molecular weight is 345 g/mol. The number of hydrogen-bond donors (Lipinski definition) is 2.